The lowest BCUT2D eigenvalue weighted by Crippen LogP contribution is -2.43. The van der Waals surface area contributed by atoms with Gasteiger partial charge in [-0.2, -0.15) is 0 Å². The molecule has 0 aliphatic carbocycles. The highest BCUT2D eigenvalue weighted by atomic mass is 19.1. The lowest BCUT2D eigenvalue weighted by Gasteiger charge is -2.34. The predicted octanol–water partition coefficient (Wildman–Crippen LogP) is 12.7. The quantitative estimate of drug-likeness (QED) is 0.0701. The molecule has 0 amide bonds. The van der Waals surface area contributed by atoms with E-state index in [1.807, 2.05) is 135 Å². The zero-order valence-corrected chi connectivity index (χ0v) is 67.1. The van der Waals surface area contributed by atoms with Crippen molar-refractivity contribution in [2.75, 3.05) is 92.2 Å². The van der Waals surface area contributed by atoms with Gasteiger partial charge in [-0.05, 0) is 237 Å². The smallest absolute Gasteiger partial charge is 0.258 e. The third kappa shape index (κ3) is 17.2. The molecular weight excluding hydrogens is 1470 g/mol. The van der Waals surface area contributed by atoms with Gasteiger partial charge in [0.05, 0.1) is 68.3 Å². The van der Waals surface area contributed by atoms with Gasteiger partial charge in [-0.3, -0.25) is 36.8 Å². The molecular formula is C90H98FN17O8. The first-order chi connectivity index (χ1) is 56.4. The van der Waals surface area contributed by atoms with Crippen molar-refractivity contribution >= 4 is 45.1 Å². The Morgan fingerprint density at radius 3 is 1.52 bits per heavy atom. The number of benzene rings is 2. The van der Waals surface area contributed by atoms with Crippen LogP contribution in [-0.4, -0.2) is 150 Å². The van der Waals surface area contributed by atoms with Crippen LogP contribution in [0.1, 0.15) is 117 Å². The average Bonchev–Trinajstić information content (AvgIpc) is 0.953. The van der Waals surface area contributed by atoms with E-state index in [1.165, 1.54) is 16.0 Å². The van der Waals surface area contributed by atoms with E-state index < -0.39 is 5.82 Å². The third-order valence-electron chi connectivity index (χ3n) is 22.2. The van der Waals surface area contributed by atoms with E-state index in [-0.39, 0.29) is 22.2 Å². The Balaban J connectivity index is 0.000000122. The second-order valence-electron chi connectivity index (χ2n) is 30.0. The van der Waals surface area contributed by atoms with Crippen molar-refractivity contribution < 1.29 is 23.3 Å². The number of pyridine rings is 6. The first kappa shape index (κ1) is 79.0. The van der Waals surface area contributed by atoms with Crippen LogP contribution >= 0.6 is 0 Å². The number of hydrogen-bond acceptors (Lipinski definition) is 19. The molecule has 0 spiro atoms. The highest BCUT2D eigenvalue weighted by Crippen LogP contribution is 2.36. The maximum atomic E-state index is 14.4. The number of aryl methyl sites for hydroxylation is 4. The van der Waals surface area contributed by atoms with Crippen LogP contribution in [0.5, 0.6) is 23.0 Å². The monoisotopic (exact) mass is 1560 g/mol. The lowest BCUT2D eigenvalue weighted by atomic mass is 9.94. The SMILES string of the molecule is CCCNC1CCN(c2cc(C)c3nc(-c4ccc(OC)c(OC)c4)cc(=O)n3c2)CC1.CCc1cc(C2=CCNCC2)cn2c(=O)cc(-c3ccc(OC)c(OC)c3)nc12.Cc1cn2cc(-c3ccc4nc(C5CCNCC5)cc(=O)n4c3)cc(F)c2n1.Cc1cn2cc(-c3ccc4nc(C5CCNCC5)cc(=O)n4c3)ccc2n1. The number of fused-ring (bicyclic) bond motifs is 6. The number of hydrogen-bond donors (Lipinski definition) is 4. The minimum Gasteiger partial charge on any atom is -0.493 e. The molecule has 0 radical (unpaired) electrons. The molecule has 0 saturated carbocycles. The van der Waals surface area contributed by atoms with Gasteiger partial charge < -0.3 is 53.9 Å². The fourth-order valence-corrected chi connectivity index (χ4v) is 16.0. The molecule has 116 heavy (non-hydrogen) atoms. The second kappa shape index (κ2) is 35.2. The summed E-state index contributed by atoms with van der Waals surface area (Å²) in [4.78, 5) is 81.6. The van der Waals surface area contributed by atoms with Crippen molar-refractivity contribution in [3.05, 3.63) is 258 Å². The van der Waals surface area contributed by atoms with E-state index in [0.717, 1.165) is 195 Å². The first-order valence-corrected chi connectivity index (χ1v) is 40.0. The number of anilines is 1. The predicted molar refractivity (Wildman–Crippen MR) is 454 cm³/mol. The third-order valence-corrected chi connectivity index (χ3v) is 22.2. The van der Waals surface area contributed by atoms with E-state index in [1.54, 1.807) is 82.7 Å². The number of piperidine rings is 3. The highest BCUT2D eigenvalue weighted by Gasteiger charge is 2.24. The number of nitrogens with zero attached hydrogens (tertiary/aromatic N) is 13. The number of ether oxygens (including phenoxy) is 4. The summed E-state index contributed by atoms with van der Waals surface area (Å²) in [7, 11) is 6.39. The number of halogens is 1. The average molecular weight is 1560 g/mol. The second-order valence-corrected chi connectivity index (χ2v) is 30.0. The van der Waals surface area contributed by atoms with E-state index in [9.17, 15) is 23.6 Å². The van der Waals surface area contributed by atoms with E-state index in [0.29, 0.717) is 86.1 Å². The van der Waals surface area contributed by atoms with Gasteiger partial charge in [-0.1, -0.05) is 19.9 Å². The van der Waals surface area contributed by atoms with Crippen molar-refractivity contribution in [3.63, 3.8) is 0 Å². The topological polar surface area (TPSA) is 260 Å². The van der Waals surface area contributed by atoms with Crippen molar-refractivity contribution in [2.24, 2.45) is 0 Å². The van der Waals surface area contributed by atoms with Crippen molar-refractivity contribution in [2.45, 2.75) is 110 Å². The molecule has 0 unspecified atom stereocenters. The van der Waals surface area contributed by atoms with E-state index in [2.05, 4.69) is 68.2 Å². The van der Waals surface area contributed by atoms with Gasteiger partial charge in [0.2, 0.25) is 0 Å². The molecule has 4 aliphatic rings. The standard InChI is InChI=1S/C25H32N4O3.C23H25N3O3.C21H20FN5O.C21H21N5O/c1-5-10-26-19-8-11-28(12-9-19)20-13-17(2)25-27-21(15-24(30)29(25)16-20)18-6-7-22(31-3)23(14-18)32-4;1-4-15-11-18(16-7-9-24-10-8-16)14-26-22(27)13-19(25-23(15)26)17-5-6-20(28-2)21(12-17)29-3;1-13-10-26-11-16(8-17(22)21(26)24-13)15-2-3-19-25-18(9-20(28)27(19)12-15)14-4-6-23-7-5-14;1-14-11-25-12-16(2-4-19(25)23-14)17-3-5-20-24-18(10-21(27)26(20)13-17)15-6-8-22-9-7-15/h6-7,13-16,19,26H,5,8-12H2,1-4H3;5-7,11-14,24H,4,8-10H2,1-3H3;2-3,8-12,14,23H,4-7H2,1H3;2-5,10-13,15,22H,6-9H2,1H3. The largest absolute Gasteiger partial charge is 0.493 e. The van der Waals surface area contributed by atoms with Crippen LogP contribution in [0.25, 0.3) is 84.2 Å². The molecule has 3 saturated heterocycles. The minimum atomic E-state index is -0.391. The molecule has 14 aromatic rings. The Morgan fingerprint density at radius 1 is 0.448 bits per heavy atom. The summed E-state index contributed by atoms with van der Waals surface area (Å²) in [6, 6.07) is 35.6. The van der Waals surface area contributed by atoms with Crippen LogP contribution in [0.4, 0.5) is 10.1 Å². The summed E-state index contributed by atoms with van der Waals surface area (Å²) in [5, 5.41) is 13.6. The Kier molecular flexibility index (Phi) is 24.0. The molecule has 0 bridgehead atoms. The van der Waals surface area contributed by atoms with Crippen LogP contribution < -0.4 is 67.4 Å². The summed E-state index contributed by atoms with van der Waals surface area (Å²) in [6.45, 7) is 18.8. The van der Waals surface area contributed by atoms with Crippen LogP contribution in [0.2, 0.25) is 0 Å². The molecule has 26 heteroatoms. The molecule has 25 nitrogen and oxygen atoms in total. The number of nitrogens with one attached hydrogen (secondary N) is 4. The summed E-state index contributed by atoms with van der Waals surface area (Å²) in [6.07, 6.45) is 26.5. The van der Waals surface area contributed by atoms with Gasteiger partial charge in [-0.25, -0.2) is 34.3 Å². The van der Waals surface area contributed by atoms with Crippen molar-refractivity contribution in [3.8, 4) is 67.8 Å². The summed E-state index contributed by atoms with van der Waals surface area (Å²) >= 11 is 0. The molecule has 12 aromatic heterocycles. The van der Waals surface area contributed by atoms with Crippen LogP contribution in [0.15, 0.2) is 190 Å². The molecule has 18 rings (SSSR count). The van der Waals surface area contributed by atoms with Crippen LogP contribution in [0.3, 0.4) is 0 Å². The lowest BCUT2D eigenvalue weighted by molar-refractivity contribution is 0.355. The molecule has 4 aliphatic heterocycles. The van der Waals surface area contributed by atoms with Crippen LogP contribution in [0, 0.1) is 26.6 Å². The van der Waals surface area contributed by atoms with Gasteiger partial charge in [0.25, 0.3) is 22.2 Å². The zero-order chi connectivity index (χ0) is 80.7. The Labute approximate surface area is 670 Å². The van der Waals surface area contributed by atoms with Gasteiger partial charge in [0, 0.05) is 139 Å². The van der Waals surface area contributed by atoms with Gasteiger partial charge in [0.1, 0.15) is 28.2 Å². The molecule has 3 fully saturated rings. The van der Waals surface area contributed by atoms with Crippen molar-refractivity contribution in [1.82, 2.24) is 77.6 Å². The maximum Gasteiger partial charge on any atom is 0.258 e. The summed E-state index contributed by atoms with van der Waals surface area (Å²) in [5.74, 6) is 2.80. The van der Waals surface area contributed by atoms with Crippen molar-refractivity contribution in [1.29, 1.82) is 0 Å². The Morgan fingerprint density at radius 2 is 0.957 bits per heavy atom. The molecule has 2 aromatic carbocycles. The molecule has 4 N–H and O–H groups in total. The van der Waals surface area contributed by atoms with Gasteiger partial charge in [0.15, 0.2) is 34.5 Å². The Hall–Kier alpha value is -12.2. The number of rotatable bonds is 16. The van der Waals surface area contributed by atoms with E-state index in [4.69, 9.17) is 38.9 Å². The maximum absolute atomic E-state index is 14.4. The molecule has 0 atom stereocenters. The first-order valence-electron chi connectivity index (χ1n) is 40.0. The van der Waals surface area contributed by atoms with Crippen LogP contribution in [-0.2, 0) is 6.42 Å². The highest BCUT2D eigenvalue weighted by molar-refractivity contribution is 5.73. The fraction of sp³-hybridized carbons (Fsp3) is 0.333. The number of aromatic nitrogens is 12. The van der Waals surface area contributed by atoms with Gasteiger partial charge >= 0.3 is 0 Å². The Bertz CT molecular complexity index is 6260. The number of imidazole rings is 2. The normalized spacial score (nSPS) is 14.9. The molecule has 16 heterocycles. The summed E-state index contributed by atoms with van der Waals surface area (Å²) in [5.41, 5.74) is 18.9. The minimum absolute atomic E-state index is 0.0186. The number of methoxy groups -OCH3 is 4. The zero-order valence-electron chi connectivity index (χ0n) is 67.1. The molecule has 598 valence electrons. The van der Waals surface area contributed by atoms with Gasteiger partial charge in [-0.15, -0.1) is 0 Å². The summed E-state index contributed by atoms with van der Waals surface area (Å²) < 4.78 is 46.0. The fourth-order valence-electron chi connectivity index (χ4n) is 16.0. The van der Waals surface area contributed by atoms with E-state index >= 15 is 0 Å².